The number of aliphatic imine (C=N–C) groups is 1. The summed E-state index contributed by atoms with van der Waals surface area (Å²) in [5.74, 6) is 0.391. The molecule has 0 N–H and O–H groups in total. The predicted molar refractivity (Wildman–Crippen MR) is 90.8 cm³/mol. The molecular weight excluding hydrogens is 391 g/mol. The molecule has 1 atom stereocenters. The second-order valence-corrected chi connectivity index (χ2v) is 7.84. The van der Waals surface area contributed by atoms with Crippen molar-refractivity contribution < 1.29 is 18.0 Å². The van der Waals surface area contributed by atoms with Crippen molar-refractivity contribution >= 4 is 43.2 Å². The van der Waals surface area contributed by atoms with E-state index >= 15 is 0 Å². The summed E-state index contributed by atoms with van der Waals surface area (Å²) in [4.78, 5) is 16.8. The van der Waals surface area contributed by atoms with E-state index < -0.39 is 22.6 Å². The second kappa shape index (κ2) is 6.13. The van der Waals surface area contributed by atoms with Crippen molar-refractivity contribution in [1.29, 1.82) is 0 Å². The standard InChI is InChI=1S/C16H11BrF3NOS/c17-12-5-6-14-13(7-12)15(22)23(9-21-14)8-10-1-3-11(4-2-10)16(18,19)20/h1-7,9,23H,8H2. The van der Waals surface area contributed by atoms with E-state index in [1.54, 1.807) is 17.7 Å². The lowest BCUT2D eigenvalue weighted by Gasteiger charge is -2.21. The van der Waals surface area contributed by atoms with Crippen LogP contribution in [0.25, 0.3) is 0 Å². The van der Waals surface area contributed by atoms with E-state index in [-0.39, 0.29) is 5.12 Å². The topological polar surface area (TPSA) is 29.4 Å². The number of carbonyl (C=O) groups excluding carboxylic acids is 1. The molecule has 1 aliphatic rings. The number of alkyl halides is 3. The van der Waals surface area contributed by atoms with E-state index in [1.807, 2.05) is 6.07 Å². The number of halogens is 4. The van der Waals surface area contributed by atoms with Gasteiger partial charge in [-0.3, -0.25) is 9.79 Å². The molecule has 0 saturated carbocycles. The van der Waals surface area contributed by atoms with E-state index in [4.69, 9.17) is 0 Å². The Bertz CT molecular complexity index is 787. The fourth-order valence-electron chi connectivity index (χ4n) is 2.24. The highest BCUT2D eigenvalue weighted by molar-refractivity contribution is 9.10. The molecule has 0 amide bonds. The lowest BCUT2D eigenvalue weighted by atomic mass is 10.1. The van der Waals surface area contributed by atoms with Crippen LogP contribution in [-0.4, -0.2) is 10.7 Å². The van der Waals surface area contributed by atoms with Gasteiger partial charge in [-0.2, -0.15) is 13.2 Å². The summed E-state index contributed by atoms with van der Waals surface area (Å²) < 4.78 is 38.5. The Morgan fingerprint density at radius 2 is 1.78 bits per heavy atom. The van der Waals surface area contributed by atoms with Gasteiger partial charge in [0.2, 0.25) is 5.12 Å². The van der Waals surface area contributed by atoms with Crippen LogP contribution < -0.4 is 0 Å². The molecule has 3 rings (SSSR count). The number of hydrogen-bond acceptors (Lipinski definition) is 2. The van der Waals surface area contributed by atoms with Crippen molar-refractivity contribution in [2.75, 3.05) is 0 Å². The van der Waals surface area contributed by atoms with Crippen LogP contribution in [0.15, 0.2) is 51.9 Å². The van der Waals surface area contributed by atoms with Crippen LogP contribution in [0.2, 0.25) is 0 Å². The van der Waals surface area contributed by atoms with E-state index in [2.05, 4.69) is 20.9 Å². The molecule has 2 nitrogen and oxygen atoms in total. The van der Waals surface area contributed by atoms with Crippen LogP contribution in [0.4, 0.5) is 18.9 Å². The van der Waals surface area contributed by atoms with Gasteiger partial charge < -0.3 is 0 Å². The molecule has 120 valence electrons. The first-order valence-electron chi connectivity index (χ1n) is 6.65. The molecule has 2 aromatic carbocycles. The Labute approximate surface area is 141 Å². The maximum Gasteiger partial charge on any atom is 0.416 e. The van der Waals surface area contributed by atoms with Crippen LogP contribution in [0, 0.1) is 0 Å². The molecule has 0 spiro atoms. The largest absolute Gasteiger partial charge is 0.416 e. The van der Waals surface area contributed by atoms with E-state index in [9.17, 15) is 18.0 Å². The third kappa shape index (κ3) is 3.50. The van der Waals surface area contributed by atoms with Crippen molar-refractivity contribution in [3.8, 4) is 0 Å². The van der Waals surface area contributed by atoms with Crippen molar-refractivity contribution in [2.45, 2.75) is 11.9 Å². The molecule has 0 aliphatic carbocycles. The Kier molecular flexibility index (Phi) is 4.33. The van der Waals surface area contributed by atoms with Gasteiger partial charge in [-0.15, -0.1) is 10.9 Å². The molecule has 7 heteroatoms. The summed E-state index contributed by atoms with van der Waals surface area (Å²) in [5.41, 5.74) is 2.82. The third-order valence-corrected chi connectivity index (χ3v) is 5.78. The zero-order valence-electron chi connectivity index (χ0n) is 11.6. The lowest BCUT2D eigenvalue weighted by molar-refractivity contribution is -0.137. The van der Waals surface area contributed by atoms with E-state index in [1.165, 1.54) is 12.1 Å². The van der Waals surface area contributed by atoms with Crippen LogP contribution in [0.1, 0.15) is 21.5 Å². The molecule has 0 saturated heterocycles. The molecule has 0 radical (unpaired) electrons. The lowest BCUT2D eigenvalue weighted by Crippen LogP contribution is -2.08. The fourth-order valence-corrected chi connectivity index (χ4v) is 4.29. The van der Waals surface area contributed by atoms with E-state index in [0.29, 0.717) is 22.6 Å². The van der Waals surface area contributed by atoms with Gasteiger partial charge in [-0.05, 0) is 35.9 Å². The summed E-state index contributed by atoms with van der Waals surface area (Å²) in [5, 5.41) is -0.00815. The van der Waals surface area contributed by atoms with Gasteiger partial charge in [0, 0.05) is 15.8 Å². The maximum atomic E-state index is 12.6. The average molecular weight is 402 g/mol. The highest BCUT2D eigenvalue weighted by Crippen LogP contribution is 2.41. The van der Waals surface area contributed by atoms with Gasteiger partial charge in [-0.1, -0.05) is 28.1 Å². The van der Waals surface area contributed by atoms with E-state index in [0.717, 1.165) is 16.6 Å². The smallest absolute Gasteiger partial charge is 0.283 e. The summed E-state index contributed by atoms with van der Waals surface area (Å²) in [6.45, 7) is 0. The summed E-state index contributed by atoms with van der Waals surface area (Å²) in [7, 11) is -1.18. The molecule has 1 aliphatic heterocycles. The summed E-state index contributed by atoms with van der Waals surface area (Å²) in [6.07, 6.45) is -4.35. The van der Waals surface area contributed by atoms with Crippen molar-refractivity contribution in [2.24, 2.45) is 4.99 Å². The van der Waals surface area contributed by atoms with Crippen molar-refractivity contribution in [1.82, 2.24) is 0 Å². The Morgan fingerprint density at radius 3 is 2.43 bits per heavy atom. The average Bonchev–Trinajstić information content (AvgIpc) is 2.50. The van der Waals surface area contributed by atoms with Crippen LogP contribution in [-0.2, 0) is 11.9 Å². The summed E-state index contributed by atoms with van der Waals surface area (Å²) in [6, 6.07) is 10.2. The van der Waals surface area contributed by atoms with Crippen molar-refractivity contribution in [3.63, 3.8) is 0 Å². The minimum absolute atomic E-state index is 0.00815. The van der Waals surface area contributed by atoms with Gasteiger partial charge in [0.1, 0.15) is 0 Å². The SMILES string of the molecule is O=C1c2cc(Br)ccc2N=C[SH]1Cc1ccc(C(F)(F)F)cc1. The first kappa shape index (κ1) is 16.3. The predicted octanol–water partition coefficient (Wildman–Crippen LogP) is 5.48. The molecule has 0 bridgehead atoms. The van der Waals surface area contributed by atoms with Gasteiger partial charge in [0.15, 0.2) is 0 Å². The Morgan fingerprint density at radius 1 is 1.09 bits per heavy atom. The van der Waals surface area contributed by atoms with Crippen molar-refractivity contribution in [3.05, 3.63) is 63.6 Å². The first-order valence-corrected chi connectivity index (χ1v) is 9.04. The number of carbonyl (C=O) groups is 1. The highest BCUT2D eigenvalue weighted by Gasteiger charge is 2.30. The number of benzene rings is 2. The Hall–Kier alpha value is -1.60. The fraction of sp³-hybridized carbons (Fsp3) is 0.125. The number of fused-ring (bicyclic) bond motifs is 1. The monoisotopic (exact) mass is 401 g/mol. The summed E-state index contributed by atoms with van der Waals surface area (Å²) >= 11 is 3.33. The molecule has 0 aromatic heterocycles. The quantitative estimate of drug-likeness (QED) is 0.662. The zero-order valence-corrected chi connectivity index (χ0v) is 14.1. The minimum atomic E-state index is -4.35. The maximum absolute atomic E-state index is 12.6. The molecule has 23 heavy (non-hydrogen) atoms. The first-order chi connectivity index (χ1) is 10.8. The molecule has 1 heterocycles. The molecule has 2 aromatic rings. The second-order valence-electron chi connectivity index (χ2n) is 5.03. The van der Waals surface area contributed by atoms with Gasteiger partial charge in [-0.25, -0.2) is 0 Å². The Balaban J connectivity index is 1.81. The zero-order chi connectivity index (χ0) is 16.6. The van der Waals surface area contributed by atoms with Crippen LogP contribution >= 0.6 is 26.8 Å². The molecule has 0 fully saturated rings. The number of rotatable bonds is 2. The minimum Gasteiger partial charge on any atom is -0.283 e. The van der Waals surface area contributed by atoms with Crippen LogP contribution in [0.5, 0.6) is 0 Å². The molecular formula is C16H11BrF3NOS. The third-order valence-electron chi connectivity index (χ3n) is 3.42. The number of hydrogen-bond donors (Lipinski definition) is 1. The highest BCUT2D eigenvalue weighted by atomic mass is 79.9. The normalized spacial score (nSPS) is 18.8. The van der Waals surface area contributed by atoms with Crippen LogP contribution in [0.3, 0.4) is 0 Å². The number of nitrogens with zero attached hydrogens (tertiary/aromatic N) is 1. The van der Waals surface area contributed by atoms with Gasteiger partial charge in [0.05, 0.1) is 16.8 Å². The number of thiol groups is 1. The van der Waals surface area contributed by atoms with Gasteiger partial charge >= 0.3 is 6.18 Å². The van der Waals surface area contributed by atoms with Gasteiger partial charge in [0.25, 0.3) is 0 Å². The molecule has 1 unspecified atom stereocenters.